The van der Waals surface area contributed by atoms with Gasteiger partial charge in [0.2, 0.25) is 0 Å². The molecule has 6 aromatic carbocycles. The maximum atomic E-state index is 14.4. The number of imidazole rings is 1. The van der Waals surface area contributed by atoms with E-state index in [0.717, 1.165) is 88.8 Å². The molecule has 0 bridgehead atoms. The maximum absolute atomic E-state index is 14.4. The van der Waals surface area contributed by atoms with Crippen molar-refractivity contribution in [1.82, 2.24) is 14.5 Å². The Morgan fingerprint density at radius 1 is 0.817 bits per heavy atom. The van der Waals surface area contributed by atoms with E-state index in [9.17, 15) is 8.78 Å². The number of fused-ring (bicyclic) bond motifs is 6. The van der Waals surface area contributed by atoms with Gasteiger partial charge in [-0.15, -0.1) is 48.0 Å². The van der Waals surface area contributed by atoms with Crippen LogP contribution in [0, 0.1) is 37.6 Å². The van der Waals surface area contributed by atoms with E-state index in [4.69, 9.17) is 10.8 Å². The summed E-state index contributed by atoms with van der Waals surface area (Å²) in [5, 5.41) is 5.50. The van der Waals surface area contributed by atoms with E-state index >= 15 is 0 Å². The van der Waals surface area contributed by atoms with Gasteiger partial charge in [0.25, 0.3) is 0 Å². The third-order valence-electron chi connectivity index (χ3n) is 11.0. The summed E-state index contributed by atoms with van der Waals surface area (Å²) in [4.78, 5) is 9.69. The van der Waals surface area contributed by atoms with Gasteiger partial charge in [-0.3, -0.25) is 9.37 Å². The molecule has 0 unspecified atom stereocenters. The molecule has 60 heavy (non-hydrogen) atoms. The van der Waals surface area contributed by atoms with Crippen LogP contribution in [0.25, 0.3) is 72.1 Å². The van der Waals surface area contributed by atoms with Crippen molar-refractivity contribution in [3.8, 4) is 28.3 Å². The van der Waals surface area contributed by atoms with Gasteiger partial charge in [-0.1, -0.05) is 119 Å². The minimum atomic E-state index is -1.57. The number of rotatable bonds is 5. The first-order valence-electron chi connectivity index (χ1n) is 20.5. The summed E-state index contributed by atoms with van der Waals surface area (Å²) in [6.07, 6.45) is 1.89. The summed E-state index contributed by atoms with van der Waals surface area (Å²) in [5.41, 5.74) is 10.6. The maximum Gasteiger partial charge on any atom is 0.123 e. The normalized spacial score (nSPS) is 12.4. The molecule has 9 rings (SSSR count). The van der Waals surface area contributed by atoms with Gasteiger partial charge in [0.15, 0.2) is 0 Å². The van der Waals surface area contributed by atoms with Crippen LogP contribution in [-0.2, 0) is 25.5 Å². The van der Waals surface area contributed by atoms with Crippen LogP contribution in [0.4, 0.5) is 8.78 Å². The Bertz CT molecular complexity index is 3070. The van der Waals surface area contributed by atoms with Crippen LogP contribution < -0.4 is 5.19 Å². The molecule has 9 aromatic rings. The van der Waals surface area contributed by atoms with Crippen molar-refractivity contribution in [2.75, 3.05) is 0 Å². The van der Waals surface area contributed by atoms with E-state index in [2.05, 4.69) is 111 Å². The van der Waals surface area contributed by atoms with Gasteiger partial charge >= 0.3 is 0 Å². The van der Waals surface area contributed by atoms with Crippen molar-refractivity contribution in [3.05, 3.63) is 155 Å². The summed E-state index contributed by atoms with van der Waals surface area (Å²) in [6.45, 7) is 21.1. The second kappa shape index (κ2) is 16.3. The average Bonchev–Trinajstić information content (AvgIpc) is 3.76. The Kier molecular flexibility index (Phi) is 11.3. The number of pyridine rings is 1. The van der Waals surface area contributed by atoms with Crippen LogP contribution in [0.2, 0.25) is 19.6 Å². The van der Waals surface area contributed by atoms with Gasteiger partial charge in [0.05, 0.1) is 30.5 Å². The quantitative estimate of drug-likeness (QED) is 0.127. The Morgan fingerprint density at radius 2 is 1.55 bits per heavy atom. The Morgan fingerprint density at radius 3 is 2.22 bits per heavy atom. The number of aromatic nitrogens is 3. The molecule has 307 valence electrons. The summed E-state index contributed by atoms with van der Waals surface area (Å²) in [7, 11) is -1.57. The monoisotopic (exact) mass is 991 g/mol. The predicted molar refractivity (Wildman–Crippen MR) is 244 cm³/mol. The van der Waals surface area contributed by atoms with E-state index in [1.165, 1.54) is 22.9 Å². The largest absolute Gasteiger partial charge is 0.501 e. The molecule has 1 radical (unpaired) electrons. The zero-order valence-electron chi connectivity index (χ0n) is 36.7. The van der Waals surface area contributed by atoms with Gasteiger partial charge in [0.1, 0.15) is 11.4 Å². The fourth-order valence-electron chi connectivity index (χ4n) is 8.03. The minimum absolute atomic E-state index is 0. The van der Waals surface area contributed by atoms with Crippen LogP contribution in [0.15, 0.2) is 114 Å². The smallest absolute Gasteiger partial charge is 0.123 e. The zero-order valence-corrected chi connectivity index (χ0v) is 39.1. The van der Waals surface area contributed by atoms with Crippen molar-refractivity contribution >= 4 is 57.0 Å². The summed E-state index contributed by atoms with van der Waals surface area (Å²) < 4.78 is 44.6. The summed E-state index contributed by atoms with van der Waals surface area (Å²) in [6, 6.07) is 38.8. The van der Waals surface area contributed by atoms with E-state index in [-0.39, 0.29) is 37.2 Å². The number of furan rings is 1. The number of hydrogen-bond donors (Lipinski definition) is 0. The third-order valence-corrected chi connectivity index (χ3v) is 13.1. The number of aryl methyl sites for hydroxylation is 2. The molecule has 0 atom stereocenters. The second-order valence-electron chi connectivity index (χ2n) is 17.8. The molecule has 0 spiro atoms. The summed E-state index contributed by atoms with van der Waals surface area (Å²) in [5.74, 6) is -0.517. The molecule has 8 heteroatoms. The molecule has 0 saturated carbocycles. The standard InChI is InChI=1S/C35H28FN2O.C17H21FNSi.Ir/c1-20-17-24(36)18-21(2)31(20)38-32-25-10-7-6-9-22(25)13-16-29(32)37-34(38)28-12-8-11-27-26-15-14-23(35(3,4)5)19-30(26)39-33(27)28;1-12(2)15-10-16(13-6-8-14(18)9-7-13)19-11-17(15)20(3,4)5;/h6-11,13-19H,1-5H3;6,8-12H,1-5H3;/q2*-1;/i;12D;. The molecule has 0 aliphatic heterocycles. The van der Waals surface area contributed by atoms with Crippen LogP contribution in [0.5, 0.6) is 0 Å². The van der Waals surface area contributed by atoms with Crippen molar-refractivity contribution in [2.45, 2.75) is 79.4 Å². The average molecular weight is 991 g/mol. The third kappa shape index (κ3) is 8.01. The van der Waals surface area contributed by atoms with E-state index in [0.29, 0.717) is 0 Å². The zero-order chi connectivity index (χ0) is 42.9. The van der Waals surface area contributed by atoms with E-state index in [1.807, 2.05) is 58.2 Å². The minimum Gasteiger partial charge on any atom is -0.501 e. The van der Waals surface area contributed by atoms with Gasteiger partial charge < -0.3 is 14.0 Å². The van der Waals surface area contributed by atoms with Crippen molar-refractivity contribution < 1.29 is 34.7 Å². The molecular weight excluding hydrogens is 941 g/mol. The van der Waals surface area contributed by atoms with Crippen LogP contribution in [0.3, 0.4) is 0 Å². The number of hydrogen-bond acceptors (Lipinski definition) is 3. The van der Waals surface area contributed by atoms with E-state index < -0.39 is 14.0 Å². The first-order chi connectivity index (χ1) is 28.3. The van der Waals surface area contributed by atoms with Gasteiger partial charge in [0, 0.05) is 50.0 Å². The molecule has 0 N–H and O–H groups in total. The first kappa shape index (κ1) is 41.5. The number of halogens is 2. The summed E-state index contributed by atoms with van der Waals surface area (Å²) >= 11 is 0. The number of benzene rings is 6. The topological polar surface area (TPSA) is 43.9 Å². The fraction of sp³-hybridized carbons (Fsp3) is 0.231. The van der Waals surface area contributed by atoms with Gasteiger partial charge in [-0.2, -0.15) is 0 Å². The van der Waals surface area contributed by atoms with Crippen molar-refractivity contribution in [3.63, 3.8) is 0 Å². The van der Waals surface area contributed by atoms with Crippen molar-refractivity contribution in [1.29, 1.82) is 0 Å². The second-order valence-corrected chi connectivity index (χ2v) is 22.8. The molecule has 3 heterocycles. The van der Waals surface area contributed by atoms with Crippen LogP contribution in [-0.4, -0.2) is 22.6 Å². The Balaban J connectivity index is 0.000000217. The predicted octanol–water partition coefficient (Wildman–Crippen LogP) is 14.0. The van der Waals surface area contributed by atoms with E-state index in [1.54, 1.807) is 18.2 Å². The Labute approximate surface area is 367 Å². The van der Waals surface area contributed by atoms with Crippen LogP contribution in [0.1, 0.15) is 64.1 Å². The van der Waals surface area contributed by atoms with Gasteiger partial charge in [-0.25, -0.2) is 4.39 Å². The van der Waals surface area contributed by atoms with Crippen molar-refractivity contribution in [2.24, 2.45) is 0 Å². The molecule has 4 nitrogen and oxygen atoms in total. The Hall–Kier alpha value is -5.27. The SMILES string of the molecule is Cc1cc(F)cc(C)c1-n1c(-c2[c-]ccc3c2oc2cc(C(C)(C)C)ccc23)nc2ccc3ccccc3c21.[2H]C(C)(C)c1cc(-c2[c-]cc(F)cc2)ncc1[Si](C)(C)C.[Ir]. The van der Waals surface area contributed by atoms with Gasteiger partial charge in [-0.05, 0) is 82.4 Å². The molecular formula is C52H49F2IrN3OSi-2. The first-order valence-corrected chi connectivity index (χ1v) is 23.5. The molecule has 3 aromatic heterocycles. The molecule has 0 fully saturated rings. The molecule has 0 saturated heterocycles. The molecule has 0 amide bonds. The molecule has 0 aliphatic rings. The van der Waals surface area contributed by atoms with Crippen LogP contribution >= 0.6 is 0 Å². The number of nitrogens with zero attached hydrogens (tertiary/aromatic N) is 3. The molecule has 0 aliphatic carbocycles. The fourth-order valence-corrected chi connectivity index (χ4v) is 9.62.